The van der Waals surface area contributed by atoms with Gasteiger partial charge in [-0.05, 0) is 30.5 Å². The maximum atomic E-state index is 15.3. The number of carbonyl (C=O) groups is 1. The molecule has 0 radical (unpaired) electrons. The minimum atomic E-state index is -0.277. The Morgan fingerprint density at radius 2 is 1.71 bits per heavy atom. The van der Waals surface area contributed by atoms with Crippen LogP contribution in [0.1, 0.15) is 18.4 Å². The van der Waals surface area contributed by atoms with Gasteiger partial charge in [0.25, 0.3) is 0 Å². The highest BCUT2D eigenvalue weighted by molar-refractivity contribution is 5.67. The highest BCUT2D eigenvalue weighted by Crippen LogP contribution is 2.36. The lowest BCUT2D eigenvalue weighted by atomic mass is 10.1. The first-order chi connectivity index (χ1) is 16.7. The van der Waals surface area contributed by atoms with E-state index in [-0.39, 0.29) is 18.5 Å². The van der Waals surface area contributed by atoms with Crippen molar-refractivity contribution in [2.24, 2.45) is 0 Å². The minimum Gasteiger partial charge on any atom is -0.489 e. The van der Waals surface area contributed by atoms with Crippen molar-refractivity contribution in [3.63, 3.8) is 0 Å². The third kappa shape index (κ3) is 5.13. The summed E-state index contributed by atoms with van der Waals surface area (Å²) >= 11 is 0. The van der Waals surface area contributed by atoms with E-state index >= 15 is 4.39 Å². The van der Waals surface area contributed by atoms with E-state index in [1.165, 1.54) is 0 Å². The van der Waals surface area contributed by atoms with E-state index < -0.39 is 0 Å². The van der Waals surface area contributed by atoms with E-state index in [1.807, 2.05) is 42.5 Å². The number of nitrogens with one attached hydrogen (secondary N) is 1. The first kappa shape index (κ1) is 22.9. The second-order valence-corrected chi connectivity index (χ2v) is 9.26. The van der Waals surface area contributed by atoms with Gasteiger partial charge in [-0.1, -0.05) is 36.4 Å². The number of amides is 1. The number of hydrogen-bond acceptors (Lipinski definition) is 6. The van der Waals surface area contributed by atoms with Crippen LogP contribution < -0.4 is 15.0 Å². The zero-order chi connectivity index (χ0) is 23.3. The van der Waals surface area contributed by atoms with E-state index in [9.17, 15) is 4.79 Å². The molecular formula is C26H33FN4O3. The van der Waals surface area contributed by atoms with Gasteiger partial charge in [-0.3, -0.25) is 4.90 Å². The Balaban J connectivity index is 1.06. The molecule has 2 unspecified atom stereocenters. The van der Waals surface area contributed by atoms with Crippen LogP contribution in [-0.4, -0.2) is 80.4 Å². The van der Waals surface area contributed by atoms with Crippen LogP contribution in [0.2, 0.25) is 0 Å². The number of anilines is 1. The number of hydrogen-bond donors (Lipinski definition) is 1. The molecule has 3 heterocycles. The summed E-state index contributed by atoms with van der Waals surface area (Å²) in [5, 5.41) is 3.44. The first-order valence-electron chi connectivity index (χ1n) is 12.3. The third-order valence-electron chi connectivity index (χ3n) is 7.10. The largest absolute Gasteiger partial charge is 0.489 e. The Hall–Kier alpha value is -2.84. The molecule has 3 saturated heterocycles. The molecule has 3 aliphatic heterocycles. The first-order valence-corrected chi connectivity index (χ1v) is 12.3. The Kier molecular flexibility index (Phi) is 7.16. The lowest BCUT2D eigenvalue weighted by Gasteiger charge is -2.37. The summed E-state index contributed by atoms with van der Waals surface area (Å²) in [5.41, 5.74) is 1.64. The van der Waals surface area contributed by atoms with E-state index in [2.05, 4.69) is 15.1 Å². The summed E-state index contributed by atoms with van der Waals surface area (Å²) in [6.07, 6.45) is 1.93. The van der Waals surface area contributed by atoms with Crippen LogP contribution in [0.25, 0.3) is 0 Å². The van der Waals surface area contributed by atoms with E-state index in [0.717, 1.165) is 44.6 Å². The fraction of sp³-hybridized carbons (Fsp3) is 0.500. The molecule has 2 aromatic rings. The molecule has 8 heteroatoms. The molecule has 5 rings (SSSR count). The molecule has 2 aromatic carbocycles. The number of carbonyl (C=O) groups excluding carboxylic acids is 1. The lowest BCUT2D eigenvalue weighted by Crippen LogP contribution is -2.52. The van der Waals surface area contributed by atoms with Gasteiger partial charge in [0.05, 0.1) is 5.69 Å². The number of ether oxygens (including phenoxy) is 2. The highest BCUT2D eigenvalue weighted by Gasteiger charge is 2.38. The SMILES string of the molecule is O=C(OCc1ccccc1)N1CCN(CCOc2cccc(N3C4CCC3CNC4)c2F)CC1. The standard InChI is InChI=1S/C26H33FN4O3/c27-25-23(31-21-9-10-22(31)18-28-17-21)7-4-8-24(25)33-16-15-29-11-13-30(14-12-29)26(32)34-19-20-5-2-1-3-6-20/h1-8,21-22,28H,9-19H2. The second kappa shape index (κ2) is 10.6. The number of halogens is 1. The van der Waals surface area contributed by atoms with Gasteiger partial charge in [-0.2, -0.15) is 0 Å². The van der Waals surface area contributed by atoms with E-state index in [4.69, 9.17) is 9.47 Å². The third-order valence-corrected chi connectivity index (χ3v) is 7.10. The summed E-state index contributed by atoms with van der Waals surface area (Å²) < 4.78 is 26.6. The quantitative estimate of drug-likeness (QED) is 0.674. The van der Waals surface area contributed by atoms with Crippen LogP contribution in [0, 0.1) is 5.82 Å². The fourth-order valence-corrected chi connectivity index (χ4v) is 5.23. The molecule has 3 fully saturated rings. The highest BCUT2D eigenvalue weighted by atomic mass is 19.1. The van der Waals surface area contributed by atoms with Crippen molar-refractivity contribution in [2.45, 2.75) is 31.5 Å². The smallest absolute Gasteiger partial charge is 0.410 e. The van der Waals surface area contributed by atoms with Gasteiger partial charge in [-0.15, -0.1) is 0 Å². The van der Waals surface area contributed by atoms with Crippen LogP contribution in [0.3, 0.4) is 0 Å². The van der Waals surface area contributed by atoms with Crippen molar-refractivity contribution in [3.8, 4) is 5.75 Å². The van der Waals surface area contributed by atoms with Gasteiger partial charge in [0.1, 0.15) is 13.2 Å². The Bertz CT molecular complexity index is 952. The Morgan fingerprint density at radius 3 is 2.44 bits per heavy atom. The van der Waals surface area contributed by atoms with Crippen molar-refractivity contribution in [3.05, 3.63) is 59.9 Å². The zero-order valence-electron chi connectivity index (χ0n) is 19.5. The lowest BCUT2D eigenvalue weighted by molar-refractivity contribution is 0.0682. The number of piperazine rings is 2. The Morgan fingerprint density at radius 1 is 0.971 bits per heavy atom. The number of fused-ring (bicyclic) bond motifs is 2. The monoisotopic (exact) mass is 468 g/mol. The number of rotatable bonds is 7. The molecule has 0 aromatic heterocycles. The second-order valence-electron chi connectivity index (χ2n) is 9.26. The molecule has 3 aliphatic rings. The summed E-state index contributed by atoms with van der Waals surface area (Å²) in [5.74, 6) is 0.0610. The summed E-state index contributed by atoms with van der Waals surface area (Å²) in [6, 6.07) is 15.9. The van der Waals surface area contributed by atoms with Crippen LogP contribution in [-0.2, 0) is 11.3 Å². The maximum Gasteiger partial charge on any atom is 0.410 e. The van der Waals surface area contributed by atoms with Crippen LogP contribution >= 0.6 is 0 Å². The summed E-state index contributed by atoms with van der Waals surface area (Å²) in [7, 11) is 0. The molecule has 2 atom stereocenters. The maximum absolute atomic E-state index is 15.3. The predicted molar refractivity (Wildman–Crippen MR) is 129 cm³/mol. The number of benzene rings is 2. The molecule has 0 spiro atoms. The molecule has 182 valence electrons. The summed E-state index contributed by atoms with van der Waals surface area (Å²) in [6.45, 7) is 5.93. The van der Waals surface area contributed by atoms with Crippen molar-refractivity contribution in [1.29, 1.82) is 0 Å². The van der Waals surface area contributed by atoms with Crippen LogP contribution in [0.15, 0.2) is 48.5 Å². The van der Waals surface area contributed by atoms with Crippen molar-refractivity contribution < 1.29 is 18.7 Å². The van der Waals surface area contributed by atoms with E-state index in [0.29, 0.717) is 49.8 Å². The molecule has 34 heavy (non-hydrogen) atoms. The number of nitrogens with zero attached hydrogens (tertiary/aromatic N) is 3. The van der Waals surface area contributed by atoms with E-state index in [1.54, 1.807) is 11.0 Å². The van der Waals surface area contributed by atoms with Gasteiger partial charge >= 0.3 is 6.09 Å². The van der Waals surface area contributed by atoms with Crippen LogP contribution in [0.5, 0.6) is 5.75 Å². The van der Waals surface area contributed by atoms with Gasteiger partial charge in [0.2, 0.25) is 0 Å². The Labute approximate surface area is 200 Å². The van der Waals surface area contributed by atoms with Gasteiger partial charge in [-0.25, -0.2) is 9.18 Å². The zero-order valence-corrected chi connectivity index (χ0v) is 19.5. The topological polar surface area (TPSA) is 57.3 Å². The molecule has 1 amide bonds. The molecule has 0 saturated carbocycles. The normalized spacial score (nSPS) is 22.6. The molecule has 7 nitrogen and oxygen atoms in total. The molecule has 1 N–H and O–H groups in total. The van der Waals surface area contributed by atoms with Crippen molar-refractivity contribution >= 4 is 11.8 Å². The van der Waals surface area contributed by atoms with Gasteiger partial charge in [0.15, 0.2) is 11.6 Å². The average molecular weight is 469 g/mol. The molecule has 0 aliphatic carbocycles. The van der Waals surface area contributed by atoms with Crippen molar-refractivity contribution in [1.82, 2.24) is 15.1 Å². The minimum absolute atomic E-state index is 0.257. The molecule has 2 bridgehead atoms. The van der Waals surface area contributed by atoms with Crippen molar-refractivity contribution in [2.75, 3.05) is 57.3 Å². The van der Waals surface area contributed by atoms with Gasteiger partial charge < -0.3 is 24.6 Å². The van der Waals surface area contributed by atoms with Crippen LogP contribution in [0.4, 0.5) is 14.9 Å². The molecular weight excluding hydrogens is 435 g/mol. The predicted octanol–water partition coefficient (Wildman–Crippen LogP) is 3.10. The fourth-order valence-electron chi connectivity index (χ4n) is 5.23. The summed E-state index contributed by atoms with van der Waals surface area (Å²) in [4.78, 5) is 18.6. The average Bonchev–Trinajstić information content (AvgIpc) is 3.11. The van der Waals surface area contributed by atoms with Gasteiger partial charge in [0, 0.05) is 57.9 Å².